The molecule has 0 bridgehead atoms. The molecule has 114 valence electrons. The molecule has 0 saturated carbocycles. The maximum atomic E-state index is 10.1. The first kappa shape index (κ1) is 16.8. The number of hydrogen-bond donors (Lipinski definition) is 2. The van der Waals surface area contributed by atoms with Crippen LogP contribution in [0.2, 0.25) is 0 Å². The van der Waals surface area contributed by atoms with Crippen LogP contribution >= 0.6 is 0 Å². The van der Waals surface area contributed by atoms with Gasteiger partial charge in [-0.2, -0.15) is 0 Å². The van der Waals surface area contributed by atoms with Crippen molar-refractivity contribution in [1.29, 1.82) is 0 Å². The maximum Gasteiger partial charge on any atom is 0.161 e. The van der Waals surface area contributed by atoms with Crippen LogP contribution in [0, 0.1) is 0 Å². The number of rotatable bonds is 10. The van der Waals surface area contributed by atoms with Crippen molar-refractivity contribution in [1.82, 2.24) is 5.32 Å². The van der Waals surface area contributed by atoms with Crippen molar-refractivity contribution in [2.75, 3.05) is 20.3 Å². The third-order valence-electron chi connectivity index (χ3n) is 3.13. The molecule has 1 aromatic rings. The van der Waals surface area contributed by atoms with E-state index in [2.05, 4.69) is 19.2 Å². The van der Waals surface area contributed by atoms with E-state index in [4.69, 9.17) is 9.47 Å². The Labute approximate surface area is 122 Å². The molecule has 0 heterocycles. The second-order valence-electron chi connectivity index (χ2n) is 4.82. The number of hydrogen-bond acceptors (Lipinski definition) is 4. The smallest absolute Gasteiger partial charge is 0.161 e. The lowest BCUT2D eigenvalue weighted by molar-refractivity contribution is 0.138. The van der Waals surface area contributed by atoms with Gasteiger partial charge in [-0.25, -0.2) is 0 Å². The summed E-state index contributed by atoms with van der Waals surface area (Å²) < 4.78 is 11.0. The fraction of sp³-hybridized carbons (Fsp3) is 0.625. The van der Waals surface area contributed by atoms with Crippen molar-refractivity contribution in [3.05, 3.63) is 23.8 Å². The zero-order chi connectivity index (χ0) is 14.8. The second kappa shape index (κ2) is 9.61. The fourth-order valence-corrected chi connectivity index (χ4v) is 1.83. The van der Waals surface area contributed by atoms with Crippen LogP contribution in [0.15, 0.2) is 18.2 Å². The molecule has 0 aliphatic carbocycles. The molecule has 4 heteroatoms. The van der Waals surface area contributed by atoms with E-state index >= 15 is 0 Å². The van der Waals surface area contributed by atoms with Gasteiger partial charge >= 0.3 is 0 Å². The Morgan fingerprint density at radius 2 is 1.90 bits per heavy atom. The SMILES string of the molecule is CCCCNC(O)c1ccc(OCCCC)c(OC)c1. The van der Waals surface area contributed by atoms with Crippen LogP contribution in [-0.2, 0) is 0 Å². The highest BCUT2D eigenvalue weighted by atomic mass is 16.5. The molecule has 0 saturated heterocycles. The van der Waals surface area contributed by atoms with Crippen LogP contribution in [0.5, 0.6) is 11.5 Å². The predicted octanol–water partition coefficient (Wildman–Crippen LogP) is 3.25. The summed E-state index contributed by atoms with van der Waals surface area (Å²) in [5.74, 6) is 1.39. The quantitative estimate of drug-likeness (QED) is 0.510. The second-order valence-corrected chi connectivity index (χ2v) is 4.82. The van der Waals surface area contributed by atoms with Crippen molar-refractivity contribution >= 4 is 0 Å². The first-order valence-corrected chi connectivity index (χ1v) is 7.45. The highest BCUT2D eigenvalue weighted by molar-refractivity contribution is 5.43. The van der Waals surface area contributed by atoms with E-state index in [1.54, 1.807) is 7.11 Å². The Hall–Kier alpha value is -1.26. The van der Waals surface area contributed by atoms with Crippen molar-refractivity contribution in [3.63, 3.8) is 0 Å². The van der Waals surface area contributed by atoms with Gasteiger partial charge in [-0.05, 0) is 37.1 Å². The molecule has 20 heavy (non-hydrogen) atoms. The topological polar surface area (TPSA) is 50.7 Å². The van der Waals surface area contributed by atoms with Crippen LogP contribution in [0.1, 0.15) is 51.3 Å². The molecule has 0 amide bonds. The highest BCUT2D eigenvalue weighted by Gasteiger charge is 2.11. The van der Waals surface area contributed by atoms with E-state index in [-0.39, 0.29) is 0 Å². The molecule has 0 spiro atoms. The monoisotopic (exact) mass is 281 g/mol. The molecule has 0 aliphatic heterocycles. The summed E-state index contributed by atoms with van der Waals surface area (Å²) in [6, 6.07) is 5.55. The Bertz CT molecular complexity index is 382. The number of benzene rings is 1. The van der Waals surface area contributed by atoms with Crippen LogP contribution in [0.4, 0.5) is 0 Å². The third kappa shape index (κ3) is 5.39. The van der Waals surface area contributed by atoms with Crippen molar-refractivity contribution in [2.45, 2.75) is 45.8 Å². The van der Waals surface area contributed by atoms with Gasteiger partial charge in [-0.1, -0.05) is 32.8 Å². The summed E-state index contributed by atoms with van der Waals surface area (Å²) >= 11 is 0. The number of nitrogens with one attached hydrogen (secondary N) is 1. The average molecular weight is 281 g/mol. The van der Waals surface area contributed by atoms with E-state index in [9.17, 15) is 5.11 Å². The number of aliphatic hydroxyl groups is 1. The van der Waals surface area contributed by atoms with Gasteiger partial charge in [0.2, 0.25) is 0 Å². The molecule has 0 radical (unpaired) electrons. The summed E-state index contributed by atoms with van der Waals surface area (Å²) in [6.45, 7) is 5.74. The lowest BCUT2D eigenvalue weighted by Gasteiger charge is -2.16. The minimum absolute atomic E-state index is 0.662. The predicted molar refractivity (Wildman–Crippen MR) is 81.3 cm³/mol. The van der Waals surface area contributed by atoms with Gasteiger partial charge in [0.15, 0.2) is 11.5 Å². The Balaban J connectivity index is 2.65. The minimum Gasteiger partial charge on any atom is -0.493 e. The summed E-state index contributed by atoms with van der Waals surface area (Å²) in [5, 5.41) is 13.1. The van der Waals surface area contributed by atoms with Crippen molar-refractivity contribution in [3.8, 4) is 11.5 Å². The molecule has 1 rings (SSSR count). The number of ether oxygens (including phenoxy) is 2. The van der Waals surface area contributed by atoms with E-state index in [0.29, 0.717) is 12.4 Å². The van der Waals surface area contributed by atoms with Gasteiger partial charge in [0.25, 0.3) is 0 Å². The summed E-state index contributed by atoms with van der Waals surface area (Å²) in [4.78, 5) is 0. The van der Waals surface area contributed by atoms with Crippen molar-refractivity contribution < 1.29 is 14.6 Å². The molecule has 1 atom stereocenters. The van der Waals surface area contributed by atoms with Crippen LogP contribution in [0.3, 0.4) is 0 Å². The lowest BCUT2D eigenvalue weighted by Crippen LogP contribution is -2.21. The Morgan fingerprint density at radius 1 is 1.15 bits per heavy atom. The Kier molecular flexibility index (Phi) is 8.07. The molecule has 0 aromatic heterocycles. The van der Waals surface area contributed by atoms with Crippen LogP contribution in [-0.4, -0.2) is 25.4 Å². The van der Waals surface area contributed by atoms with Gasteiger partial charge < -0.3 is 14.6 Å². The number of unbranched alkanes of at least 4 members (excludes halogenated alkanes) is 2. The summed E-state index contributed by atoms with van der Waals surface area (Å²) in [7, 11) is 1.61. The maximum absolute atomic E-state index is 10.1. The van der Waals surface area contributed by atoms with Crippen molar-refractivity contribution in [2.24, 2.45) is 0 Å². The summed E-state index contributed by atoms with van der Waals surface area (Å²) in [5.41, 5.74) is 0.792. The van der Waals surface area contributed by atoms with Gasteiger partial charge in [0.05, 0.1) is 13.7 Å². The molecular formula is C16H27NO3. The number of methoxy groups -OCH3 is 1. The van der Waals surface area contributed by atoms with Gasteiger partial charge in [-0.15, -0.1) is 0 Å². The average Bonchev–Trinajstić information content (AvgIpc) is 2.47. The van der Waals surface area contributed by atoms with E-state index in [1.165, 1.54) is 0 Å². The molecule has 1 aromatic carbocycles. The van der Waals surface area contributed by atoms with Crippen LogP contribution in [0.25, 0.3) is 0 Å². The van der Waals surface area contributed by atoms with E-state index < -0.39 is 6.23 Å². The number of aliphatic hydroxyl groups excluding tert-OH is 1. The lowest BCUT2D eigenvalue weighted by atomic mass is 10.1. The van der Waals surface area contributed by atoms with Gasteiger partial charge in [0, 0.05) is 0 Å². The van der Waals surface area contributed by atoms with E-state index in [0.717, 1.165) is 43.5 Å². The fourth-order valence-electron chi connectivity index (χ4n) is 1.83. The summed E-state index contributed by atoms with van der Waals surface area (Å²) in [6.07, 6.45) is 3.60. The van der Waals surface area contributed by atoms with Gasteiger partial charge in [-0.3, -0.25) is 5.32 Å². The van der Waals surface area contributed by atoms with E-state index in [1.807, 2.05) is 18.2 Å². The normalized spacial score (nSPS) is 12.2. The zero-order valence-corrected chi connectivity index (χ0v) is 12.8. The molecule has 1 unspecified atom stereocenters. The first-order chi connectivity index (χ1) is 9.72. The molecule has 0 aliphatic rings. The van der Waals surface area contributed by atoms with Crippen LogP contribution < -0.4 is 14.8 Å². The van der Waals surface area contributed by atoms with Gasteiger partial charge in [0.1, 0.15) is 6.23 Å². The molecular weight excluding hydrogens is 254 g/mol. The molecule has 4 nitrogen and oxygen atoms in total. The standard InChI is InChI=1S/C16H27NO3/c1-4-6-10-17-16(18)13-8-9-14(15(12-13)19-3)20-11-7-5-2/h8-9,12,16-18H,4-7,10-11H2,1-3H3. The highest BCUT2D eigenvalue weighted by Crippen LogP contribution is 2.30. The Morgan fingerprint density at radius 3 is 2.55 bits per heavy atom. The third-order valence-corrected chi connectivity index (χ3v) is 3.13. The zero-order valence-electron chi connectivity index (χ0n) is 12.8. The molecule has 2 N–H and O–H groups in total. The minimum atomic E-state index is -0.667. The molecule has 0 fully saturated rings. The first-order valence-electron chi connectivity index (χ1n) is 7.45. The largest absolute Gasteiger partial charge is 0.493 e.